The number of benzene rings is 1. The van der Waals surface area contributed by atoms with Crippen molar-refractivity contribution in [1.29, 1.82) is 0 Å². The highest BCUT2D eigenvalue weighted by atomic mass is 16.5. The number of pyridine rings is 1. The standard InChI is InChI=1S/C29H35N7O/c1-20-16-32-29(33-25-9-7-24(30)8-10-25)34-28(20)26-17-31-27-11-6-23(19-36(26)27)22-4-2-21(3-5-22)18-35-12-14-37-15-13-35/h2-6,11,16-17,19,24-25H,7-10,12-15,18,30H2,1H3,(H,32,33,34)/t24-,25-. The second kappa shape index (κ2) is 10.6. The number of fused-ring (bicyclic) bond motifs is 1. The van der Waals surface area contributed by atoms with Crippen LogP contribution in [0.5, 0.6) is 0 Å². The molecule has 4 aromatic rings. The van der Waals surface area contributed by atoms with Gasteiger partial charge in [0.05, 0.1) is 30.8 Å². The van der Waals surface area contributed by atoms with Gasteiger partial charge in [0.2, 0.25) is 5.95 Å². The van der Waals surface area contributed by atoms with E-state index in [-0.39, 0.29) is 0 Å². The van der Waals surface area contributed by atoms with E-state index in [1.807, 2.05) is 12.4 Å². The summed E-state index contributed by atoms with van der Waals surface area (Å²) in [6.07, 6.45) is 10.2. The number of nitrogens with one attached hydrogen (secondary N) is 1. The highest BCUT2D eigenvalue weighted by molar-refractivity contribution is 5.69. The summed E-state index contributed by atoms with van der Waals surface area (Å²) >= 11 is 0. The molecule has 0 amide bonds. The van der Waals surface area contributed by atoms with Crippen LogP contribution in [0.2, 0.25) is 0 Å². The predicted octanol–water partition coefficient (Wildman–Crippen LogP) is 4.28. The van der Waals surface area contributed by atoms with Crippen molar-refractivity contribution in [3.8, 4) is 22.5 Å². The minimum absolute atomic E-state index is 0.320. The fourth-order valence-electron chi connectivity index (χ4n) is 5.36. The number of hydrogen-bond acceptors (Lipinski definition) is 7. The quantitative estimate of drug-likeness (QED) is 0.411. The summed E-state index contributed by atoms with van der Waals surface area (Å²) in [4.78, 5) is 16.6. The smallest absolute Gasteiger partial charge is 0.223 e. The van der Waals surface area contributed by atoms with Crippen LogP contribution in [0.1, 0.15) is 36.8 Å². The van der Waals surface area contributed by atoms with Crippen LogP contribution in [0.15, 0.2) is 55.0 Å². The summed E-state index contributed by atoms with van der Waals surface area (Å²) in [5.41, 5.74) is 13.5. The second-order valence-corrected chi connectivity index (χ2v) is 10.4. The van der Waals surface area contributed by atoms with E-state index >= 15 is 0 Å². The highest BCUT2D eigenvalue weighted by Crippen LogP contribution is 2.28. The number of aryl methyl sites for hydroxylation is 1. The molecule has 37 heavy (non-hydrogen) atoms. The van der Waals surface area contributed by atoms with Gasteiger partial charge in [-0.3, -0.25) is 9.30 Å². The van der Waals surface area contributed by atoms with E-state index in [4.69, 9.17) is 15.5 Å². The molecule has 4 heterocycles. The molecule has 2 fully saturated rings. The molecule has 2 aliphatic rings. The van der Waals surface area contributed by atoms with Crippen molar-refractivity contribution in [2.24, 2.45) is 5.73 Å². The summed E-state index contributed by atoms with van der Waals surface area (Å²) in [5.74, 6) is 0.669. The molecular formula is C29H35N7O. The third kappa shape index (κ3) is 5.37. The summed E-state index contributed by atoms with van der Waals surface area (Å²) in [6, 6.07) is 13.8. The monoisotopic (exact) mass is 497 g/mol. The van der Waals surface area contributed by atoms with Gasteiger partial charge in [0, 0.05) is 44.1 Å². The number of morpholine rings is 1. The van der Waals surface area contributed by atoms with Crippen LogP contribution < -0.4 is 11.1 Å². The maximum atomic E-state index is 6.08. The van der Waals surface area contributed by atoms with Crippen molar-refractivity contribution in [3.05, 3.63) is 66.1 Å². The number of hydrogen-bond donors (Lipinski definition) is 2. The van der Waals surface area contributed by atoms with Gasteiger partial charge in [-0.15, -0.1) is 0 Å². The first-order valence-corrected chi connectivity index (χ1v) is 13.3. The van der Waals surface area contributed by atoms with Gasteiger partial charge in [-0.2, -0.15) is 0 Å². The zero-order chi connectivity index (χ0) is 25.2. The topological polar surface area (TPSA) is 93.6 Å². The molecule has 0 radical (unpaired) electrons. The molecule has 192 valence electrons. The maximum Gasteiger partial charge on any atom is 0.223 e. The van der Waals surface area contributed by atoms with Gasteiger partial charge in [0.15, 0.2) is 0 Å². The number of aromatic nitrogens is 4. The van der Waals surface area contributed by atoms with Crippen molar-refractivity contribution in [3.63, 3.8) is 0 Å². The van der Waals surface area contributed by atoms with Gasteiger partial charge >= 0.3 is 0 Å². The first-order valence-electron chi connectivity index (χ1n) is 13.3. The van der Waals surface area contributed by atoms with Crippen molar-refractivity contribution in [2.45, 2.75) is 51.2 Å². The van der Waals surface area contributed by atoms with E-state index in [0.717, 1.165) is 86.7 Å². The van der Waals surface area contributed by atoms with Crippen LogP contribution in [0.4, 0.5) is 5.95 Å². The largest absolute Gasteiger partial charge is 0.379 e. The Morgan fingerprint density at radius 1 is 0.946 bits per heavy atom. The number of imidazole rings is 1. The Labute approximate surface area is 217 Å². The van der Waals surface area contributed by atoms with E-state index in [1.54, 1.807) is 0 Å². The Bertz CT molecular complexity index is 1350. The van der Waals surface area contributed by atoms with Crippen molar-refractivity contribution in [1.82, 2.24) is 24.3 Å². The van der Waals surface area contributed by atoms with Crippen LogP contribution in [0.3, 0.4) is 0 Å². The van der Waals surface area contributed by atoms with Gasteiger partial charge in [-0.25, -0.2) is 15.0 Å². The zero-order valence-corrected chi connectivity index (χ0v) is 21.4. The highest BCUT2D eigenvalue weighted by Gasteiger charge is 2.20. The van der Waals surface area contributed by atoms with Crippen LogP contribution in [-0.2, 0) is 11.3 Å². The van der Waals surface area contributed by atoms with Crippen LogP contribution in [0, 0.1) is 6.92 Å². The molecule has 1 saturated heterocycles. The lowest BCUT2D eigenvalue weighted by Gasteiger charge is -2.26. The Morgan fingerprint density at radius 3 is 2.49 bits per heavy atom. The molecule has 3 N–H and O–H groups in total. The number of rotatable bonds is 6. The Kier molecular flexibility index (Phi) is 6.87. The number of anilines is 1. The average Bonchev–Trinajstić information content (AvgIpc) is 3.35. The molecule has 3 aromatic heterocycles. The minimum atomic E-state index is 0.320. The van der Waals surface area contributed by atoms with Crippen molar-refractivity contribution >= 4 is 11.6 Å². The molecule has 1 aromatic carbocycles. The summed E-state index contributed by atoms with van der Waals surface area (Å²) < 4.78 is 7.61. The summed E-state index contributed by atoms with van der Waals surface area (Å²) in [7, 11) is 0. The first kappa shape index (κ1) is 24.0. The van der Waals surface area contributed by atoms with Crippen LogP contribution in [-0.4, -0.2) is 62.6 Å². The van der Waals surface area contributed by atoms with Gasteiger partial charge in [-0.1, -0.05) is 24.3 Å². The lowest BCUT2D eigenvalue weighted by molar-refractivity contribution is 0.0342. The van der Waals surface area contributed by atoms with Gasteiger partial charge in [-0.05, 0) is 67.0 Å². The molecular weight excluding hydrogens is 462 g/mol. The van der Waals surface area contributed by atoms with Crippen LogP contribution >= 0.6 is 0 Å². The van der Waals surface area contributed by atoms with Crippen molar-refractivity contribution < 1.29 is 4.74 Å². The maximum absolute atomic E-state index is 6.08. The SMILES string of the molecule is Cc1cnc(N[C@H]2CC[C@H](N)CC2)nc1-c1cnc2ccc(-c3ccc(CN4CCOCC4)cc3)cn12. The zero-order valence-electron chi connectivity index (χ0n) is 21.4. The molecule has 8 nitrogen and oxygen atoms in total. The number of nitrogens with two attached hydrogens (primary N) is 1. The molecule has 1 aliphatic carbocycles. The minimum Gasteiger partial charge on any atom is -0.379 e. The average molecular weight is 498 g/mol. The van der Waals surface area contributed by atoms with E-state index in [2.05, 4.69) is 74.1 Å². The Hall–Kier alpha value is -3.33. The number of ether oxygens (including phenoxy) is 1. The van der Waals surface area contributed by atoms with E-state index in [1.165, 1.54) is 11.1 Å². The van der Waals surface area contributed by atoms with E-state index < -0.39 is 0 Å². The molecule has 1 aliphatic heterocycles. The summed E-state index contributed by atoms with van der Waals surface area (Å²) in [5, 5.41) is 3.53. The molecule has 1 saturated carbocycles. The van der Waals surface area contributed by atoms with E-state index in [0.29, 0.717) is 18.0 Å². The third-order valence-electron chi connectivity index (χ3n) is 7.62. The predicted molar refractivity (Wildman–Crippen MR) is 146 cm³/mol. The van der Waals surface area contributed by atoms with Gasteiger partial charge in [0.1, 0.15) is 5.65 Å². The molecule has 6 rings (SSSR count). The van der Waals surface area contributed by atoms with Crippen molar-refractivity contribution in [2.75, 3.05) is 31.6 Å². The Morgan fingerprint density at radius 2 is 1.70 bits per heavy atom. The lowest BCUT2D eigenvalue weighted by Crippen LogP contribution is -2.35. The third-order valence-corrected chi connectivity index (χ3v) is 7.62. The molecule has 0 unspecified atom stereocenters. The Balaban J connectivity index is 1.24. The molecule has 0 atom stereocenters. The fraction of sp³-hybridized carbons (Fsp3) is 0.414. The normalized spacial score (nSPS) is 20.8. The molecule has 0 bridgehead atoms. The fourth-order valence-corrected chi connectivity index (χ4v) is 5.36. The van der Waals surface area contributed by atoms with Crippen LogP contribution in [0.25, 0.3) is 28.2 Å². The van der Waals surface area contributed by atoms with Gasteiger partial charge in [0.25, 0.3) is 0 Å². The summed E-state index contributed by atoms with van der Waals surface area (Å²) in [6.45, 7) is 6.65. The molecule has 0 spiro atoms. The lowest BCUT2D eigenvalue weighted by atomic mass is 9.92. The first-order chi connectivity index (χ1) is 18.1. The second-order valence-electron chi connectivity index (χ2n) is 10.4. The van der Waals surface area contributed by atoms with Gasteiger partial charge < -0.3 is 15.8 Å². The molecule has 8 heteroatoms. The van der Waals surface area contributed by atoms with E-state index in [9.17, 15) is 0 Å². The number of nitrogens with zero attached hydrogens (tertiary/aromatic N) is 5.